The van der Waals surface area contributed by atoms with Crippen molar-refractivity contribution in [3.63, 3.8) is 0 Å². The van der Waals surface area contributed by atoms with Crippen LogP contribution in [-0.2, 0) is 25.9 Å². The van der Waals surface area contributed by atoms with Crippen LogP contribution in [0.3, 0.4) is 0 Å². The Balaban J connectivity index is 2.82. The average molecular weight is 463 g/mol. The molecule has 0 bridgehead atoms. The van der Waals surface area contributed by atoms with Crippen LogP contribution in [0.1, 0.15) is 21.5 Å². The molecular formula is C17H16F3N3O5S2. The maximum Gasteiger partial charge on any atom is 0.416 e. The number of rotatable bonds is 4. The van der Waals surface area contributed by atoms with Gasteiger partial charge in [-0.2, -0.15) is 18.2 Å². The number of guanidine groups is 1. The minimum absolute atomic E-state index is 0.00273. The highest BCUT2D eigenvalue weighted by Gasteiger charge is 2.33. The summed E-state index contributed by atoms with van der Waals surface area (Å²) in [6.07, 6.45) is -4.12. The van der Waals surface area contributed by atoms with Gasteiger partial charge < -0.3 is 11.5 Å². The molecule has 0 aliphatic heterocycles. The van der Waals surface area contributed by atoms with Gasteiger partial charge in [0.25, 0.3) is 5.91 Å². The van der Waals surface area contributed by atoms with E-state index in [-0.39, 0.29) is 11.1 Å². The number of amides is 1. The molecule has 0 unspecified atom stereocenters. The summed E-state index contributed by atoms with van der Waals surface area (Å²) in [5.41, 5.74) is 8.76. The van der Waals surface area contributed by atoms with E-state index >= 15 is 0 Å². The van der Waals surface area contributed by atoms with Crippen molar-refractivity contribution in [2.24, 2.45) is 16.5 Å². The molecule has 13 heteroatoms. The summed E-state index contributed by atoms with van der Waals surface area (Å²) in [6, 6.07) is 4.53. The van der Waals surface area contributed by atoms with E-state index in [9.17, 15) is 34.8 Å². The Morgan fingerprint density at radius 1 is 1.00 bits per heavy atom. The van der Waals surface area contributed by atoms with Gasteiger partial charge in [-0.3, -0.25) is 4.79 Å². The molecule has 2 aromatic rings. The van der Waals surface area contributed by atoms with Crippen molar-refractivity contribution in [1.29, 1.82) is 0 Å². The zero-order chi connectivity index (χ0) is 23.1. The monoisotopic (exact) mass is 463 g/mol. The predicted molar refractivity (Wildman–Crippen MR) is 101 cm³/mol. The number of nitrogens with two attached hydrogens (primary N) is 2. The van der Waals surface area contributed by atoms with Crippen LogP contribution >= 0.6 is 0 Å². The molecule has 8 nitrogen and oxygen atoms in total. The van der Waals surface area contributed by atoms with Crippen LogP contribution < -0.4 is 11.5 Å². The van der Waals surface area contributed by atoms with E-state index in [1.807, 2.05) is 0 Å². The fourth-order valence-corrected chi connectivity index (χ4v) is 5.52. The Kier molecular flexibility index (Phi) is 6.01. The maximum absolute atomic E-state index is 13.0. The molecule has 0 aromatic heterocycles. The van der Waals surface area contributed by atoms with Crippen LogP contribution in [0.4, 0.5) is 13.2 Å². The molecule has 0 saturated heterocycles. The van der Waals surface area contributed by atoms with Gasteiger partial charge in [-0.25, -0.2) is 16.8 Å². The van der Waals surface area contributed by atoms with Gasteiger partial charge in [-0.1, -0.05) is 6.07 Å². The molecule has 2 rings (SSSR count). The lowest BCUT2D eigenvalue weighted by atomic mass is 10.1. The summed E-state index contributed by atoms with van der Waals surface area (Å²) < 4.78 is 89.4. The molecule has 162 valence electrons. The number of aliphatic imine (C=N–C) groups is 1. The number of carbonyl (C=O) groups is 1. The van der Waals surface area contributed by atoms with Crippen LogP contribution in [0.2, 0.25) is 0 Å². The zero-order valence-electron chi connectivity index (χ0n) is 15.6. The minimum atomic E-state index is -4.81. The molecule has 0 spiro atoms. The van der Waals surface area contributed by atoms with E-state index in [2.05, 4.69) is 4.99 Å². The molecule has 2 aromatic carbocycles. The fraction of sp³-hybridized carbons (Fsp3) is 0.176. The van der Waals surface area contributed by atoms with E-state index in [4.69, 9.17) is 11.5 Å². The Morgan fingerprint density at radius 3 is 2.10 bits per heavy atom. The molecule has 1 amide bonds. The number of aryl methyl sites for hydroxylation is 1. The third kappa shape index (κ3) is 4.79. The van der Waals surface area contributed by atoms with E-state index < -0.39 is 58.0 Å². The van der Waals surface area contributed by atoms with Gasteiger partial charge in [-0.05, 0) is 42.8 Å². The molecule has 0 atom stereocenters. The number of sulfone groups is 2. The number of nitrogens with zero attached hydrogens (tertiary/aromatic N) is 1. The lowest BCUT2D eigenvalue weighted by Crippen LogP contribution is -2.24. The van der Waals surface area contributed by atoms with Crippen LogP contribution in [0.5, 0.6) is 0 Å². The summed E-state index contributed by atoms with van der Waals surface area (Å²) >= 11 is 0. The highest BCUT2D eigenvalue weighted by atomic mass is 32.2. The molecule has 4 N–H and O–H groups in total. The van der Waals surface area contributed by atoms with Gasteiger partial charge in [0, 0.05) is 11.8 Å². The third-order valence-electron chi connectivity index (χ3n) is 3.91. The van der Waals surface area contributed by atoms with Gasteiger partial charge in [0.1, 0.15) is 0 Å². The second-order valence-electron chi connectivity index (χ2n) is 6.26. The van der Waals surface area contributed by atoms with Gasteiger partial charge in [0.05, 0.1) is 20.2 Å². The zero-order valence-corrected chi connectivity index (χ0v) is 17.2. The summed E-state index contributed by atoms with van der Waals surface area (Å²) in [4.78, 5) is 13.1. The lowest BCUT2D eigenvalue weighted by Gasteiger charge is -2.14. The molecular weight excluding hydrogens is 447 g/mol. The molecule has 0 fully saturated rings. The molecule has 0 aliphatic carbocycles. The van der Waals surface area contributed by atoms with Crippen molar-refractivity contribution >= 4 is 31.5 Å². The summed E-state index contributed by atoms with van der Waals surface area (Å²) in [6.45, 7) is 1.30. The van der Waals surface area contributed by atoms with Crippen molar-refractivity contribution < 1.29 is 34.8 Å². The highest BCUT2D eigenvalue weighted by Crippen LogP contribution is 2.34. The first-order valence-corrected chi connectivity index (χ1v) is 11.3. The van der Waals surface area contributed by atoms with Crippen LogP contribution in [0, 0.1) is 6.92 Å². The van der Waals surface area contributed by atoms with Crippen LogP contribution in [-0.4, -0.2) is 35.0 Å². The van der Waals surface area contributed by atoms with Crippen LogP contribution in [0.25, 0.3) is 0 Å². The van der Waals surface area contributed by atoms with E-state index in [0.717, 1.165) is 24.3 Å². The van der Waals surface area contributed by atoms with Crippen molar-refractivity contribution in [1.82, 2.24) is 0 Å². The number of hydrogen-bond donors (Lipinski definition) is 2. The molecule has 0 heterocycles. The highest BCUT2D eigenvalue weighted by molar-refractivity contribution is 7.94. The Labute approximate surface area is 170 Å². The largest absolute Gasteiger partial charge is 0.416 e. The summed E-state index contributed by atoms with van der Waals surface area (Å²) in [5, 5.41) is 0. The first-order chi connectivity index (χ1) is 13.5. The van der Waals surface area contributed by atoms with Gasteiger partial charge in [-0.15, -0.1) is 0 Å². The molecule has 0 aliphatic rings. The average Bonchev–Trinajstić information content (AvgIpc) is 2.59. The predicted octanol–water partition coefficient (Wildman–Crippen LogP) is 1.66. The maximum atomic E-state index is 13.0. The summed E-state index contributed by atoms with van der Waals surface area (Å²) in [7, 11) is -8.93. The minimum Gasteiger partial charge on any atom is -0.370 e. The van der Waals surface area contributed by atoms with Gasteiger partial charge in [0.2, 0.25) is 9.84 Å². The fourth-order valence-electron chi connectivity index (χ4n) is 2.54. The Bertz CT molecular complexity index is 1260. The Morgan fingerprint density at radius 2 is 1.60 bits per heavy atom. The Hall–Kier alpha value is -2.93. The topological polar surface area (TPSA) is 150 Å². The normalized spacial score (nSPS) is 12.4. The molecule has 30 heavy (non-hydrogen) atoms. The lowest BCUT2D eigenvalue weighted by molar-refractivity contribution is -0.137. The second-order valence-corrected chi connectivity index (χ2v) is 10.2. The quantitative estimate of drug-likeness (QED) is 0.517. The standard InChI is InChI=1S/C17H16F3N3O5S2/c1-9-6-14(13(29(2,25)26)8-12(9)15(24)23-16(21)22)30(27,28)11-5-3-4-10(7-11)17(18,19)20/h3-8H,1-2H3,(H4,21,22,23,24). The molecule has 0 saturated carbocycles. The van der Waals surface area contributed by atoms with Gasteiger partial charge in [0.15, 0.2) is 15.8 Å². The first-order valence-electron chi connectivity index (χ1n) is 7.96. The van der Waals surface area contributed by atoms with Crippen molar-refractivity contribution in [2.45, 2.75) is 27.8 Å². The SMILES string of the molecule is Cc1cc(S(=O)(=O)c2cccc(C(F)(F)F)c2)c(S(C)(=O)=O)cc1C(=O)N=C(N)N. The van der Waals surface area contributed by atoms with E-state index in [1.165, 1.54) is 6.92 Å². The first kappa shape index (κ1) is 23.3. The van der Waals surface area contributed by atoms with E-state index in [1.54, 1.807) is 0 Å². The van der Waals surface area contributed by atoms with Crippen molar-refractivity contribution in [3.8, 4) is 0 Å². The number of halogens is 3. The van der Waals surface area contributed by atoms with Crippen molar-refractivity contribution in [3.05, 3.63) is 53.1 Å². The second kappa shape index (κ2) is 7.72. The number of alkyl halides is 3. The smallest absolute Gasteiger partial charge is 0.370 e. The van der Waals surface area contributed by atoms with E-state index in [0.29, 0.717) is 18.4 Å². The third-order valence-corrected chi connectivity index (χ3v) is 6.97. The van der Waals surface area contributed by atoms with Crippen LogP contribution in [0.15, 0.2) is 56.1 Å². The number of carbonyl (C=O) groups excluding carboxylic acids is 1. The van der Waals surface area contributed by atoms with Crippen molar-refractivity contribution in [2.75, 3.05) is 6.26 Å². The number of benzene rings is 2. The summed E-state index contributed by atoms with van der Waals surface area (Å²) in [5.74, 6) is -1.61. The van der Waals surface area contributed by atoms with Gasteiger partial charge >= 0.3 is 6.18 Å². The number of hydrogen-bond acceptors (Lipinski definition) is 5. The molecule has 0 radical (unpaired) electrons.